The molecule has 0 fully saturated rings. The van der Waals surface area contributed by atoms with Crippen LogP contribution in [0.2, 0.25) is 26.2 Å². The molecule has 1 aliphatic rings. The number of fused-ring (bicyclic) bond motifs is 5. The summed E-state index contributed by atoms with van der Waals surface area (Å²) in [5.41, 5.74) is 4.66. The molecule has 0 radical (unpaired) electrons. The summed E-state index contributed by atoms with van der Waals surface area (Å²) >= 11 is 0. The van der Waals surface area contributed by atoms with Gasteiger partial charge >= 0.3 is 0 Å². The van der Waals surface area contributed by atoms with Gasteiger partial charge in [0.05, 0.1) is 30.4 Å². The minimum Gasteiger partial charge on any atom is -0.510 e. The van der Waals surface area contributed by atoms with Crippen molar-refractivity contribution in [1.82, 2.24) is 14.1 Å². The first-order valence-electron chi connectivity index (χ1n) is 26.1. The second-order valence-corrected chi connectivity index (χ2v) is 26.0. The zero-order valence-corrected chi connectivity index (χ0v) is 41.0. The molecule has 6 nitrogen and oxygen atoms in total. The Morgan fingerprint density at radius 1 is 0.677 bits per heavy atom. The fourth-order valence-corrected chi connectivity index (χ4v) is 19.3. The molecule has 11 rings (SSSR count). The maximum Gasteiger partial charge on any atom is 0.268 e. The Labute approximate surface area is 411 Å². The molecule has 3 aromatic heterocycles. The number of para-hydroxylation sites is 3. The van der Waals surface area contributed by atoms with Gasteiger partial charge in [-0.15, -0.1) is 29.7 Å². The van der Waals surface area contributed by atoms with Crippen molar-refractivity contribution >= 4 is 59.8 Å². The molecule has 0 unspecified atom stereocenters. The maximum absolute atomic E-state index is 9.04. The van der Waals surface area contributed by atoms with Gasteiger partial charge in [0.15, 0.2) is 0 Å². The van der Waals surface area contributed by atoms with Crippen LogP contribution in [0.25, 0.3) is 72.3 Å². The molecule has 0 N–H and O–H groups in total. The van der Waals surface area contributed by atoms with E-state index in [1.54, 1.807) is 33.4 Å². The van der Waals surface area contributed by atoms with Crippen molar-refractivity contribution in [2.75, 3.05) is 0 Å². The first-order valence-corrected chi connectivity index (χ1v) is 27.0. The Morgan fingerprint density at radius 3 is 2.02 bits per heavy atom. The number of pyridine rings is 1. The largest absolute Gasteiger partial charge is 0.510 e. The molecule has 0 saturated carbocycles. The van der Waals surface area contributed by atoms with Gasteiger partial charge in [-0.1, -0.05) is 135 Å². The summed E-state index contributed by atoms with van der Waals surface area (Å²) in [6, 6.07) is 32.1. The maximum atomic E-state index is 9.04. The number of hydrogen-bond acceptors (Lipinski definition) is 3. The van der Waals surface area contributed by atoms with E-state index in [-0.39, 0.29) is 54.4 Å². The minimum atomic E-state index is -2.20. The topological polar surface area (TPSA) is 45.1 Å². The van der Waals surface area contributed by atoms with Crippen LogP contribution >= 0.6 is 0 Å². The number of rotatable bonds is 7. The van der Waals surface area contributed by atoms with Gasteiger partial charge in [-0.2, -0.15) is 18.2 Å². The number of hydrogen-bond donors (Lipinski definition) is 0. The van der Waals surface area contributed by atoms with Gasteiger partial charge in [-0.25, -0.2) is 4.98 Å². The third-order valence-electron chi connectivity index (χ3n) is 12.0. The van der Waals surface area contributed by atoms with Crippen LogP contribution in [0.15, 0.2) is 164 Å². The zero-order valence-electron chi connectivity index (χ0n) is 46.7. The monoisotopic (exact) mass is 1070 g/mol. The fourth-order valence-electron chi connectivity index (χ4n) is 9.12. The molecule has 0 spiro atoms. The van der Waals surface area contributed by atoms with E-state index < -0.39 is 77.1 Å². The van der Waals surface area contributed by atoms with Gasteiger partial charge in [-0.05, 0) is 99.1 Å². The van der Waals surface area contributed by atoms with Gasteiger partial charge < -0.3 is 18.0 Å². The van der Waals surface area contributed by atoms with Gasteiger partial charge in [0.2, 0.25) is 16.6 Å². The third-order valence-corrected chi connectivity index (χ3v) is 19.8. The molecule has 0 aliphatic carbocycles. The summed E-state index contributed by atoms with van der Waals surface area (Å²) < 4.78 is 106. The van der Waals surface area contributed by atoms with Crippen molar-refractivity contribution in [1.29, 1.82) is 0 Å². The van der Waals surface area contributed by atoms with E-state index in [1.807, 2.05) is 48.7 Å². The van der Waals surface area contributed by atoms with Crippen LogP contribution < -0.4 is 19.7 Å². The summed E-state index contributed by atoms with van der Waals surface area (Å²) in [6.45, 7) is 15.6. The molecular weight excluding hydrogens is 1010 g/mol. The second kappa shape index (κ2) is 16.1. The zero-order chi connectivity index (χ0) is 52.7. The van der Waals surface area contributed by atoms with E-state index in [0.717, 1.165) is 33.2 Å². The van der Waals surface area contributed by atoms with Crippen LogP contribution in [0, 0.1) is 18.5 Å². The van der Waals surface area contributed by atoms with Crippen molar-refractivity contribution in [3.05, 3.63) is 188 Å². The number of aromatic nitrogens is 4. The van der Waals surface area contributed by atoms with E-state index in [4.69, 9.17) is 27.5 Å². The van der Waals surface area contributed by atoms with Crippen molar-refractivity contribution in [2.45, 2.75) is 52.4 Å². The predicted octanol–water partition coefficient (Wildman–Crippen LogP) is 12.1. The van der Waals surface area contributed by atoms with Crippen molar-refractivity contribution in [2.24, 2.45) is 0 Å². The summed E-state index contributed by atoms with van der Waals surface area (Å²) in [5, 5.41) is 4.71. The molecule has 9 heteroatoms. The molecule has 7 aromatic carbocycles. The predicted molar refractivity (Wildman–Crippen MR) is 265 cm³/mol. The van der Waals surface area contributed by atoms with Crippen LogP contribution in [-0.4, -0.2) is 30.8 Å². The standard InChI is InChI=1S/C56H48N4O2Si2.Pt/c1-56(2,3)40-30-31-57-54(32-40)60-50-34-43(28-29-46(50)47-35-52-53(36-51(47)60)64(6,7)62-63(52,4)5)61-42-23-16-22-41(33-42)58-37-59(49-27-15-14-26-48(49)58)55-44(38-18-10-8-11-19-38)24-17-25-45(55)39-20-12-9-13-21-39;/h8-32,35-36H,1-7H3;/q-2;/i8D,9D,10D,11D,12D,13D,18D,19D,20D,21D;. The number of nitrogens with zero attached hydrogens (tertiary/aromatic N) is 4. The number of imidazole rings is 1. The van der Waals surface area contributed by atoms with Crippen molar-refractivity contribution in [3.8, 4) is 50.9 Å². The summed E-state index contributed by atoms with van der Waals surface area (Å²) in [6.07, 6.45) is 5.28. The summed E-state index contributed by atoms with van der Waals surface area (Å²) in [5.74, 6) is 1.57. The average molecular weight is 1070 g/mol. The van der Waals surface area contributed by atoms with Gasteiger partial charge in [0, 0.05) is 44.3 Å². The van der Waals surface area contributed by atoms with Crippen molar-refractivity contribution in [3.63, 3.8) is 0 Å². The first-order chi connectivity index (χ1) is 35.0. The van der Waals surface area contributed by atoms with Gasteiger partial charge in [0.25, 0.3) is 6.33 Å². The molecule has 65 heavy (non-hydrogen) atoms. The van der Waals surface area contributed by atoms with Crippen LogP contribution in [0.3, 0.4) is 0 Å². The Balaban J connectivity index is 0.00000641. The Bertz CT molecular complexity index is 3910. The van der Waals surface area contributed by atoms with Gasteiger partial charge in [-0.3, -0.25) is 4.57 Å². The molecule has 0 saturated heterocycles. The number of ether oxygens (including phenoxy) is 1. The molecule has 0 atom stereocenters. The quantitative estimate of drug-likeness (QED) is 0.0908. The smallest absolute Gasteiger partial charge is 0.268 e. The number of benzene rings is 7. The van der Waals surface area contributed by atoms with Crippen LogP contribution in [-0.2, 0) is 30.6 Å². The SMILES string of the molecule is [2H]c1c([2H])c([2H])c(-c2cccc(-c3c([2H])c([2H])c([2H])c([2H])c3[2H])c2-[n+]2[c-]n(-c3[c-]c(Oc4[c-]c5c(cc4)c4cc6c(cc4n5-c4cc(C(C)(C)C)ccn4)[Si](C)(C)O[Si]6(C)C)ccc3)c3ccccc32)c([2H])c1[2H].[Pt]. The third kappa shape index (κ3) is 7.43. The van der Waals surface area contributed by atoms with Crippen molar-refractivity contribution < 1.29 is 48.2 Å². The first kappa shape index (κ1) is 32.5. The van der Waals surface area contributed by atoms with Crippen LogP contribution in [0.5, 0.6) is 11.5 Å². The Kier molecular flexibility index (Phi) is 8.03. The molecule has 4 heterocycles. The fraction of sp³-hybridized carbons (Fsp3) is 0.143. The molecule has 1 aliphatic heterocycles. The summed E-state index contributed by atoms with van der Waals surface area (Å²) in [4.78, 5) is 4.94. The van der Waals surface area contributed by atoms with Crippen LogP contribution in [0.1, 0.15) is 40.0 Å². The molecule has 0 amide bonds. The van der Waals surface area contributed by atoms with E-state index in [9.17, 15) is 0 Å². The molecule has 0 bridgehead atoms. The Hall–Kier alpha value is -6.16. The van der Waals surface area contributed by atoms with E-state index in [1.165, 1.54) is 10.4 Å². The minimum absolute atomic E-state index is 0. The molecule has 10 aromatic rings. The summed E-state index contributed by atoms with van der Waals surface area (Å²) in [7, 11) is -4.38. The van der Waals surface area contributed by atoms with Gasteiger partial charge in [0.1, 0.15) is 5.82 Å². The molecule has 324 valence electrons. The van der Waals surface area contributed by atoms with Crippen LogP contribution in [0.4, 0.5) is 0 Å². The normalized spacial score (nSPS) is 16.3. The second-order valence-electron chi connectivity index (χ2n) is 18.1. The van der Waals surface area contributed by atoms with E-state index >= 15 is 0 Å². The Morgan fingerprint density at radius 2 is 1.32 bits per heavy atom. The van der Waals surface area contributed by atoms with E-state index in [2.05, 4.69) is 100 Å². The van der Waals surface area contributed by atoms with E-state index in [0.29, 0.717) is 28.2 Å². The molecular formula is C56H48N4O2PtSi2-2. The average Bonchev–Trinajstić information content (AvgIpc) is 3.98.